The molecule has 0 saturated heterocycles. The molecule has 0 aliphatic rings. The van der Waals surface area contributed by atoms with E-state index in [4.69, 9.17) is 5.73 Å². The molecule has 17 heavy (non-hydrogen) atoms. The second-order valence-corrected chi connectivity index (χ2v) is 3.90. The largest absolute Gasteiger partial charge is 0.369 e. The van der Waals surface area contributed by atoms with Crippen molar-refractivity contribution in [1.82, 2.24) is 15.6 Å². The van der Waals surface area contributed by atoms with Crippen LogP contribution in [0.4, 0.5) is 0 Å². The van der Waals surface area contributed by atoms with Crippen molar-refractivity contribution in [3.05, 3.63) is 29.6 Å². The lowest BCUT2D eigenvalue weighted by molar-refractivity contribution is -0.117. The van der Waals surface area contributed by atoms with Crippen LogP contribution in [0.3, 0.4) is 0 Å². The Hall–Kier alpha value is -1.46. The molecule has 1 amide bonds. The zero-order valence-corrected chi connectivity index (χ0v) is 10.2. The molecule has 1 aromatic rings. The lowest BCUT2D eigenvalue weighted by Crippen LogP contribution is -2.28. The molecule has 0 spiro atoms. The molecule has 5 heteroatoms. The minimum absolute atomic E-state index is 0.181. The first-order chi connectivity index (χ1) is 8.22. The fourth-order valence-corrected chi connectivity index (χ4v) is 1.46. The average Bonchev–Trinajstić information content (AvgIpc) is 2.29. The van der Waals surface area contributed by atoms with E-state index in [2.05, 4.69) is 22.5 Å². The van der Waals surface area contributed by atoms with Gasteiger partial charge in [-0.1, -0.05) is 6.92 Å². The number of nitrogens with two attached hydrogens (primary N) is 1. The van der Waals surface area contributed by atoms with Crippen LogP contribution in [0.2, 0.25) is 0 Å². The third-order valence-electron chi connectivity index (χ3n) is 2.24. The summed E-state index contributed by atoms with van der Waals surface area (Å²) in [5.74, 6) is -0.356. The van der Waals surface area contributed by atoms with Crippen LogP contribution in [0.1, 0.15) is 24.6 Å². The second kappa shape index (κ2) is 7.76. The average molecular weight is 236 g/mol. The highest BCUT2D eigenvalue weighted by Gasteiger charge is 1.98. The molecule has 1 heterocycles. The van der Waals surface area contributed by atoms with Crippen LogP contribution in [-0.2, 0) is 17.9 Å². The highest BCUT2D eigenvalue weighted by molar-refractivity contribution is 5.75. The summed E-state index contributed by atoms with van der Waals surface area (Å²) in [6, 6.07) is 4.01. The van der Waals surface area contributed by atoms with Gasteiger partial charge in [0.2, 0.25) is 5.91 Å². The quantitative estimate of drug-likeness (QED) is 0.562. The fourth-order valence-electron chi connectivity index (χ4n) is 1.46. The first kappa shape index (κ1) is 13.6. The molecule has 0 aliphatic heterocycles. The third kappa shape index (κ3) is 5.99. The van der Waals surface area contributed by atoms with Crippen LogP contribution in [0, 0.1) is 0 Å². The maximum Gasteiger partial charge on any atom is 0.231 e. The van der Waals surface area contributed by atoms with E-state index in [1.165, 1.54) is 5.56 Å². The number of hydrogen-bond acceptors (Lipinski definition) is 4. The van der Waals surface area contributed by atoms with E-state index in [0.29, 0.717) is 6.54 Å². The Morgan fingerprint density at radius 1 is 1.41 bits per heavy atom. The predicted molar refractivity (Wildman–Crippen MR) is 67.1 cm³/mol. The molecule has 1 rings (SSSR count). The summed E-state index contributed by atoms with van der Waals surface area (Å²) < 4.78 is 0. The molecule has 0 radical (unpaired) electrons. The molecular formula is C12H20N4O. The van der Waals surface area contributed by atoms with E-state index < -0.39 is 0 Å². The zero-order chi connectivity index (χ0) is 12.5. The molecule has 1 aromatic heterocycles. The summed E-state index contributed by atoms with van der Waals surface area (Å²) >= 11 is 0. The van der Waals surface area contributed by atoms with E-state index in [0.717, 1.165) is 25.2 Å². The summed E-state index contributed by atoms with van der Waals surface area (Å²) in [5.41, 5.74) is 7.15. The van der Waals surface area contributed by atoms with E-state index in [-0.39, 0.29) is 12.5 Å². The predicted octanol–water partition coefficient (Wildman–Crippen LogP) is 0.156. The van der Waals surface area contributed by atoms with Crippen molar-refractivity contribution in [2.75, 3.05) is 13.1 Å². The molecule has 0 aliphatic carbocycles. The van der Waals surface area contributed by atoms with Crippen molar-refractivity contribution in [1.29, 1.82) is 0 Å². The van der Waals surface area contributed by atoms with Crippen molar-refractivity contribution in [2.24, 2.45) is 5.73 Å². The summed E-state index contributed by atoms with van der Waals surface area (Å²) in [7, 11) is 0. The van der Waals surface area contributed by atoms with Crippen molar-refractivity contribution >= 4 is 5.91 Å². The number of rotatable bonds is 8. The Labute approximate surface area is 102 Å². The van der Waals surface area contributed by atoms with Gasteiger partial charge in [0.25, 0.3) is 0 Å². The SMILES string of the molecule is CCCNCc1ccnc(CNCC(N)=O)c1. The van der Waals surface area contributed by atoms with Crippen molar-refractivity contribution in [3.63, 3.8) is 0 Å². The third-order valence-corrected chi connectivity index (χ3v) is 2.24. The number of carbonyl (C=O) groups is 1. The summed E-state index contributed by atoms with van der Waals surface area (Å²) in [6.45, 7) is 4.74. The maximum atomic E-state index is 10.6. The van der Waals surface area contributed by atoms with Gasteiger partial charge in [0.15, 0.2) is 0 Å². The Balaban J connectivity index is 2.39. The second-order valence-electron chi connectivity index (χ2n) is 3.90. The Bertz CT molecular complexity index is 354. The van der Waals surface area contributed by atoms with Gasteiger partial charge in [0, 0.05) is 19.3 Å². The normalized spacial score (nSPS) is 10.4. The number of primary amides is 1. The van der Waals surface area contributed by atoms with Crippen LogP contribution in [0.25, 0.3) is 0 Å². The number of nitrogens with zero attached hydrogens (tertiary/aromatic N) is 1. The first-order valence-electron chi connectivity index (χ1n) is 5.86. The van der Waals surface area contributed by atoms with Crippen molar-refractivity contribution < 1.29 is 4.79 Å². The van der Waals surface area contributed by atoms with E-state index in [1.54, 1.807) is 6.20 Å². The number of pyridine rings is 1. The molecule has 94 valence electrons. The number of hydrogen-bond donors (Lipinski definition) is 3. The summed E-state index contributed by atoms with van der Waals surface area (Å²) in [4.78, 5) is 14.8. The topological polar surface area (TPSA) is 80.0 Å². The smallest absolute Gasteiger partial charge is 0.231 e. The van der Waals surface area contributed by atoms with Gasteiger partial charge < -0.3 is 16.4 Å². The van der Waals surface area contributed by atoms with Gasteiger partial charge in [-0.25, -0.2) is 0 Å². The molecule has 0 saturated carbocycles. The molecule has 0 atom stereocenters. The number of aromatic nitrogens is 1. The van der Waals surface area contributed by atoms with Crippen LogP contribution in [0.5, 0.6) is 0 Å². The molecule has 5 nitrogen and oxygen atoms in total. The van der Waals surface area contributed by atoms with E-state index in [9.17, 15) is 4.79 Å². The van der Waals surface area contributed by atoms with Gasteiger partial charge in [-0.2, -0.15) is 0 Å². The lowest BCUT2D eigenvalue weighted by atomic mass is 10.2. The number of carbonyl (C=O) groups excluding carboxylic acids is 1. The molecule has 4 N–H and O–H groups in total. The van der Waals surface area contributed by atoms with E-state index >= 15 is 0 Å². The van der Waals surface area contributed by atoms with Crippen LogP contribution >= 0.6 is 0 Å². The zero-order valence-electron chi connectivity index (χ0n) is 10.2. The van der Waals surface area contributed by atoms with Gasteiger partial charge in [0.05, 0.1) is 12.2 Å². The standard InChI is InChI=1S/C12H20N4O/c1-2-4-14-7-10-3-5-16-11(6-10)8-15-9-12(13)17/h3,5-6,14-15H,2,4,7-9H2,1H3,(H2,13,17). The Morgan fingerprint density at radius 3 is 2.94 bits per heavy atom. The summed E-state index contributed by atoms with van der Waals surface area (Å²) in [6.07, 6.45) is 2.91. The fraction of sp³-hybridized carbons (Fsp3) is 0.500. The number of nitrogens with one attached hydrogen (secondary N) is 2. The van der Waals surface area contributed by atoms with Gasteiger partial charge in [0.1, 0.15) is 0 Å². The highest BCUT2D eigenvalue weighted by Crippen LogP contribution is 2.01. The molecule has 0 bridgehead atoms. The van der Waals surface area contributed by atoms with Crippen LogP contribution in [0.15, 0.2) is 18.3 Å². The van der Waals surface area contributed by atoms with Gasteiger partial charge >= 0.3 is 0 Å². The maximum absolute atomic E-state index is 10.6. The van der Waals surface area contributed by atoms with E-state index in [1.807, 2.05) is 12.1 Å². The Morgan fingerprint density at radius 2 is 2.24 bits per heavy atom. The summed E-state index contributed by atoms with van der Waals surface area (Å²) in [5, 5.41) is 6.27. The molecule has 0 unspecified atom stereocenters. The van der Waals surface area contributed by atoms with Crippen molar-refractivity contribution in [3.8, 4) is 0 Å². The van der Waals surface area contributed by atoms with Gasteiger partial charge in [-0.15, -0.1) is 0 Å². The van der Waals surface area contributed by atoms with Gasteiger partial charge in [-0.05, 0) is 30.7 Å². The van der Waals surface area contributed by atoms with Gasteiger partial charge in [-0.3, -0.25) is 9.78 Å². The Kier molecular flexibility index (Phi) is 6.21. The van der Waals surface area contributed by atoms with Crippen molar-refractivity contribution in [2.45, 2.75) is 26.4 Å². The molecule has 0 fully saturated rings. The van der Waals surface area contributed by atoms with Crippen LogP contribution < -0.4 is 16.4 Å². The first-order valence-corrected chi connectivity index (χ1v) is 5.86. The monoisotopic (exact) mass is 236 g/mol. The number of amides is 1. The molecule has 0 aromatic carbocycles. The lowest BCUT2D eigenvalue weighted by Gasteiger charge is -2.06. The minimum Gasteiger partial charge on any atom is -0.369 e. The minimum atomic E-state index is -0.356. The molecular weight excluding hydrogens is 216 g/mol. The highest BCUT2D eigenvalue weighted by atomic mass is 16.1. The van der Waals surface area contributed by atoms with Crippen LogP contribution in [-0.4, -0.2) is 24.0 Å².